The van der Waals surface area contributed by atoms with Crippen LogP contribution in [0.25, 0.3) is 10.9 Å². The summed E-state index contributed by atoms with van der Waals surface area (Å²) in [5.74, 6) is 0. The molecule has 0 saturated heterocycles. The normalized spacial score (nSPS) is 9.75. The molecule has 0 unspecified atom stereocenters. The largest absolute Gasteiger partial charge is 0.435 e. The van der Waals surface area contributed by atoms with Crippen LogP contribution in [-0.4, -0.2) is 9.97 Å². The van der Waals surface area contributed by atoms with Gasteiger partial charge in [0.2, 0.25) is 0 Å². The van der Waals surface area contributed by atoms with Gasteiger partial charge < -0.3 is 14.8 Å². The number of aromatic amines is 2. The Balaban J connectivity index is 0.000000720. The van der Waals surface area contributed by atoms with E-state index in [0.717, 1.165) is 10.9 Å². The SMILES string of the molecule is Cc1c[nH]c2c(=O)[nH][c-]cc12.[W]. The second-order valence-electron chi connectivity index (χ2n) is 2.50. The second kappa shape index (κ2) is 3.28. The van der Waals surface area contributed by atoms with Crippen LogP contribution in [-0.2, 0) is 21.1 Å². The van der Waals surface area contributed by atoms with Crippen molar-refractivity contribution in [2.24, 2.45) is 0 Å². The van der Waals surface area contributed by atoms with Gasteiger partial charge in [0.15, 0.2) is 5.56 Å². The summed E-state index contributed by atoms with van der Waals surface area (Å²) < 4.78 is 0. The summed E-state index contributed by atoms with van der Waals surface area (Å²) in [7, 11) is 0. The Kier molecular flexibility index (Phi) is 2.53. The van der Waals surface area contributed by atoms with E-state index in [4.69, 9.17) is 0 Å². The monoisotopic (exact) mass is 331 g/mol. The van der Waals surface area contributed by atoms with Crippen LogP contribution in [0, 0.1) is 13.1 Å². The molecule has 0 aliphatic carbocycles. The van der Waals surface area contributed by atoms with Crippen molar-refractivity contribution in [1.29, 1.82) is 0 Å². The summed E-state index contributed by atoms with van der Waals surface area (Å²) in [6.45, 7) is 1.95. The first-order valence-corrected chi connectivity index (χ1v) is 3.36. The van der Waals surface area contributed by atoms with Gasteiger partial charge in [-0.1, -0.05) is 5.56 Å². The Bertz CT molecular complexity index is 443. The van der Waals surface area contributed by atoms with Gasteiger partial charge in [-0.3, -0.25) is 0 Å². The van der Waals surface area contributed by atoms with Crippen LogP contribution in [0.4, 0.5) is 0 Å². The summed E-state index contributed by atoms with van der Waals surface area (Å²) in [5.41, 5.74) is 1.58. The van der Waals surface area contributed by atoms with Crippen molar-refractivity contribution >= 4 is 10.9 Å². The second-order valence-corrected chi connectivity index (χ2v) is 2.50. The van der Waals surface area contributed by atoms with Crippen molar-refractivity contribution in [2.45, 2.75) is 6.92 Å². The molecule has 4 heteroatoms. The van der Waals surface area contributed by atoms with Crippen LogP contribution in [0.1, 0.15) is 5.56 Å². The molecule has 0 amide bonds. The van der Waals surface area contributed by atoms with E-state index in [9.17, 15) is 4.79 Å². The van der Waals surface area contributed by atoms with Crippen molar-refractivity contribution in [3.05, 3.63) is 34.4 Å². The Morgan fingerprint density at radius 3 is 2.92 bits per heavy atom. The molecule has 0 fully saturated rings. The molecule has 3 nitrogen and oxygen atoms in total. The van der Waals surface area contributed by atoms with E-state index in [0.29, 0.717) is 5.52 Å². The maximum Gasteiger partial charge on any atom is 0.157 e. The third-order valence-corrected chi connectivity index (χ3v) is 1.76. The van der Waals surface area contributed by atoms with Gasteiger partial charge in [-0.15, -0.1) is 11.6 Å². The van der Waals surface area contributed by atoms with Crippen molar-refractivity contribution in [3.63, 3.8) is 0 Å². The Labute approximate surface area is 83.5 Å². The number of rotatable bonds is 0. The van der Waals surface area contributed by atoms with Crippen LogP contribution in [0.2, 0.25) is 0 Å². The van der Waals surface area contributed by atoms with Gasteiger partial charge in [0.25, 0.3) is 0 Å². The summed E-state index contributed by atoms with van der Waals surface area (Å²) in [6.07, 6.45) is 4.49. The first kappa shape index (κ1) is 9.27. The molecule has 2 aromatic heterocycles. The third kappa shape index (κ3) is 1.25. The molecule has 12 heavy (non-hydrogen) atoms. The fraction of sp³-hybridized carbons (Fsp3) is 0.125. The molecule has 0 saturated carbocycles. The molecule has 0 atom stereocenters. The first-order valence-electron chi connectivity index (χ1n) is 3.36. The van der Waals surface area contributed by atoms with Crippen LogP contribution < -0.4 is 5.56 Å². The summed E-state index contributed by atoms with van der Waals surface area (Å²) in [5, 5.41) is 0.939. The molecule has 2 aromatic rings. The maximum atomic E-state index is 11.1. The van der Waals surface area contributed by atoms with Crippen molar-refractivity contribution in [1.82, 2.24) is 9.97 Å². The number of aromatic nitrogens is 2. The molecular weight excluding hydrogens is 324 g/mol. The fourth-order valence-corrected chi connectivity index (χ4v) is 1.14. The van der Waals surface area contributed by atoms with E-state index in [2.05, 4.69) is 16.2 Å². The van der Waals surface area contributed by atoms with Gasteiger partial charge in [-0.2, -0.15) is 6.07 Å². The van der Waals surface area contributed by atoms with Crippen LogP contribution in [0.15, 0.2) is 17.1 Å². The van der Waals surface area contributed by atoms with Crippen molar-refractivity contribution < 1.29 is 21.1 Å². The standard InChI is InChI=1S/C8H7N2O.W/c1-5-4-10-7-6(5)2-3-9-8(7)11;/h2,4,10H,1H3,(H,9,11);/q-1;. The van der Waals surface area contributed by atoms with Gasteiger partial charge in [0, 0.05) is 21.1 Å². The number of nitrogens with one attached hydrogen (secondary N) is 2. The predicted octanol–water partition coefficient (Wildman–Crippen LogP) is 0.962. The Hall–Kier alpha value is -0.822. The zero-order valence-electron chi connectivity index (χ0n) is 6.47. The molecule has 0 aromatic carbocycles. The molecular formula is C8H7N2OW-. The maximum absolute atomic E-state index is 11.1. The van der Waals surface area contributed by atoms with Crippen LogP contribution in [0.5, 0.6) is 0 Å². The van der Waals surface area contributed by atoms with Gasteiger partial charge in [0.1, 0.15) is 0 Å². The molecule has 0 bridgehead atoms. The van der Waals surface area contributed by atoms with Gasteiger partial charge in [0.05, 0.1) is 0 Å². The first-order chi connectivity index (χ1) is 5.29. The zero-order valence-corrected chi connectivity index (χ0v) is 9.40. The van der Waals surface area contributed by atoms with Gasteiger partial charge in [-0.05, 0) is 18.6 Å². The quantitative estimate of drug-likeness (QED) is 0.695. The molecule has 0 aliphatic rings. The smallest absolute Gasteiger partial charge is 0.157 e. The van der Waals surface area contributed by atoms with E-state index in [-0.39, 0.29) is 26.6 Å². The molecule has 2 N–H and O–H groups in total. The van der Waals surface area contributed by atoms with E-state index < -0.39 is 0 Å². The number of hydrogen-bond acceptors (Lipinski definition) is 1. The van der Waals surface area contributed by atoms with Gasteiger partial charge >= 0.3 is 0 Å². The van der Waals surface area contributed by atoms with E-state index in [1.54, 1.807) is 6.07 Å². The summed E-state index contributed by atoms with van der Waals surface area (Å²) >= 11 is 0. The molecule has 2 rings (SSSR count). The summed E-state index contributed by atoms with van der Waals surface area (Å²) in [6, 6.07) is 1.77. The zero-order chi connectivity index (χ0) is 7.84. The average Bonchev–Trinajstić information content (AvgIpc) is 2.35. The van der Waals surface area contributed by atoms with Crippen molar-refractivity contribution in [3.8, 4) is 0 Å². The van der Waals surface area contributed by atoms with E-state index >= 15 is 0 Å². The molecule has 0 spiro atoms. The number of aryl methyl sites for hydroxylation is 1. The minimum absolute atomic E-state index is 0. The van der Waals surface area contributed by atoms with Crippen LogP contribution >= 0.6 is 0 Å². The minimum Gasteiger partial charge on any atom is -0.435 e. The van der Waals surface area contributed by atoms with Crippen LogP contribution in [0.3, 0.4) is 0 Å². The van der Waals surface area contributed by atoms with Crippen molar-refractivity contribution in [2.75, 3.05) is 0 Å². The molecule has 62 valence electrons. The molecule has 0 radical (unpaired) electrons. The van der Waals surface area contributed by atoms with Gasteiger partial charge in [-0.25, -0.2) is 0 Å². The number of fused-ring (bicyclic) bond motifs is 1. The third-order valence-electron chi connectivity index (χ3n) is 1.76. The van der Waals surface area contributed by atoms with E-state index in [1.807, 2.05) is 13.1 Å². The molecule has 0 aliphatic heterocycles. The number of hydrogen-bond donors (Lipinski definition) is 2. The van der Waals surface area contributed by atoms with E-state index in [1.165, 1.54) is 0 Å². The molecule has 2 heterocycles. The average molecular weight is 331 g/mol. The number of pyridine rings is 1. The fourth-order valence-electron chi connectivity index (χ4n) is 1.14. The Morgan fingerprint density at radius 2 is 2.25 bits per heavy atom. The predicted molar refractivity (Wildman–Crippen MR) is 42.5 cm³/mol. The summed E-state index contributed by atoms with van der Waals surface area (Å²) in [4.78, 5) is 16.4. The number of H-pyrrole nitrogens is 2. The Morgan fingerprint density at radius 1 is 1.50 bits per heavy atom. The topological polar surface area (TPSA) is 48.6 Å². The minimum atomic E-state index is -0.115.